The molecule has 6 heterocycles. The summed E-state index contributed by atoms with van der Waals surface area (Å²) in [6.07, 6.45) is -3.56. The van der Waals surface area contributed by atoms with Gasteiger partial charge in [-0.3, -0.25) is 14.5 Å². The first-order valence-electron chi connectivity index (χ1n) is 27.6. The Kier molecular flexibility index (Phi) is 21.1. The van der Waals surface area contributed by atoms with E-state index in [1.54, 1.807) is 97.9 Å². The van der Waals surface area contributed by atoms with Gasteiger partial charge in [-0.1, -0.05) is 41.5 Å². The lowest BCUT2D eigenvalue weighted by molar-refractivity contribution is -0.148. The topological polar surface area (TPSA) is 245 Å². The van der Waals surface area contributed by atoms with Crippen LogP contribution in [0.15, 0.2) is 22.9 Å². The molecule has 2 atom stereocenters. The summed E-state index contributed by atoms with van der Waals surface area (Å²) in [5, 5.41) is 27.1. The first-order valence-corrected chi connectivity index (χ1v) is 29.8. The van der Waals surface area contributed by atoms with Crippen molar-refractivity contribution in [1.82, 2.24) is 39.7 Å². The molecule has 2 aliphatic heterocycles. The second-order valence-electron chi connectivity index (χ2n) is 25.4. The number of thiazole rings is 2. The van der Waals surface area contributed by atoms with Gasteiger partial charge in [0.2, 0.25) is 34.8 Å². The number of ether oxygens (including phenoxy) is 4. The van der Waals surface area contributed by atoms with Crippen molar-refractivity contribution in [2.75, 3.05) is 36.4 Å². The SMILES string of the molecule is CC(C)(C)C(=O)Cl.CC(O)c1csc(-c2nc(NC3CCC(F)(F)CC3)cc(OC3CN(C(=O)C(C)(C)C)C3)n2)n1.CC(O)c1csc(-c2nc(OC3CN(C(=O)OC(C)(C)C)C3)cc(N(C(=O)OC(C)(C)C)C3CCC(F)(F)CC3)n2)n1. The molecule has 0 radical (unpaired) electrons. The van der Waals surface area contributed by atoms with E-state index >= 15 is 0 Å². The van der Waals surface area contributed by atoms with Gasteiger partial charge in [-0.15, -0.1) is 22.7 Å². The Morgan fingerprint density at radius 3 is 1.51 bits per heavy atom. The lowest BCUT2D eigenvalue weighted by atomic mass is 9.91. The molecule has 3 amide bonds. The standard InChI is InChI=1S/C28H39F2N5O6S.C23H31F2N5O3S.C5H9ClO/c1-16(36)19-15-42-23(31-19)22-32-20(12-21(33-22)39-18-13-34(14-18)24(37)40-26(2,3)4)35(25(38)41-27(5,6)7)17-8-10-28(29,30)11-9-17;1-13(31)16-12-34-20(27-16)19-28-17(26-14-5-7-23(24,25)8-6-14)9-18(29-19)33-15-10-30(11-15)21(32)22(2,3)4;1-5(2,3)4(6)7/h12,15-18,36H,8-11,13-14H2,1-7H3;9,12-15,31H,5-8,10-11H2,1-4H3,(H,26,28,29);1-3H3. The minimum absolute atomic E-state index is 0.0542. The van der Waals surface area contributed by atoms with Gasteiger partial charge >= 0.3 is 12.2 Å². The van der Waals surface area contributed by atoms with E-state index in [-0.39, 0.29) is 97.8 Å². The normalized spacial score (nSPS) is 18.6. The fraction of sp³-hybridized carbons (Fsp3) is 0.679. The molecule has 4 aromatic heterocycles. The number of nitrogens with one attached hydrogen (secondary N) is 1. The van der Waals surface area contributed by atoms with Gasteiger partial charge in [0.1, 0.15) is 35.0 Å². The van der Waals surface area contributed by atoms with Crippen molar-refractivity contribution < 1.29 is 65.9 Å². The van der Waals surface area contributed by atoms with Gasteiger partial charge in [-0.2, -0.15) is 9.97 Å². The van der Waals surface area contributed by atoms with Gasteiger partial charge < -0.3 is 44.3 Å². The Balaban J connectivity index is 0.000000243. The largest absolute Gasteiger partial charge is 0.470 e. The summed E-state index contributed by atoms with van der Waals surface area (Å²) in [4.78, 5) is 80.1. The maximum Gasteiger partial charge on any atom is 0.416 e. The second kappa shape index (κ2) is 26.4. The minimum atomic E-state index is -2.80. The highest BCUT2D eigenvalue weighted by Crippen LogP contribution is 2.40. The highest BCUT2D eigenvalue weighted by Gasteiger charge is 2.43. The van der Waals surface area contributed by atoms with E-state index in [9.17, 15) is 47.0 Å². The number of alkyl halides is 4. The van der Waals surface area contributed by atoms with Crippen LogP contribution in [0.5, 0.6) is 11.8 Å². The summed E-state index contributed by atoms with van der Waals surface area (Å²) in [6, 6.07) is 2.42. The fourth-order valence-electron chi connectivity index (χ4n) is 8.41. The van der Waals surface area contributed by atoms with Crippen LogP contribution < -0.4 is 19.7 Å². The molecular weight excluding hydrogens is 1150 g/mol. The van der Waals surface area contributed by atoms with E-state index in [4.69, 9.17) is 30.5 Å². The van der Waals surface area contributed by atoms with Gasteiger partial charge in [0, 0.05) is 71.5 Å². The van der Waals surface area contributed by atoms with Crippen molar-refractivity contribution in [3.63, 3.8) is 0 Å². The molecular formula is C56H79ClF4N10O10S2. The number of aliphatic hydroxyl groups is 2. The molecule has 0 aromatic carbocycles. The van der Waals surface area contributed by atoms with E-state index in [0.717, 1.165) is 0 Å². The van der Waals surface area contributed by atoms with Gasteiger partial charge in [0.05, 0.1) is 49.8 Å². The number of halogens is 5. The van der Waals surface area contributed by atoms with Crippen LogP contribution in [0.1, 0.15) is 172 Å². The Morgan fingerprint density at radius 2 is 1.08 bits per heavy atom. The zero-order chi connectivity index (χ0) is 61.8. The summed E-state index contributed by atoms with van der Waals surface area (Å²) in [6.45, 7) is 26.2. The first-order chi connectivity index (χ1) is 38.2. The van der Waals surface area contributed by atoms with Crippen LogP contribution in [0.25, 0.3) is 21.7 Å². The van der Waals surface area contributed by atoms with Crippen LogP contribution in [0, 0.1) is 10.8 Å². The summed E-state index contributed by atoms with van der Waals surface area (Å²) in [5.74, 6) is -3.82. The highest BCUT2D eigenvalue weighted by atomic mass is 35.5. The Labute approximate surface area is 495 Å². The van der Waals surface area contributed by atoms with E-state index in [0.29, 0.717) is 64.9 Å². The Morgan fingerprint density at radius 1 is 0.651 bits per heavy atom. The molecule has 8 rings (SSSR count). The number of hydrogen-bond donors (Lipinski definition) is 3. The molecule has 3 N–H and O–H groups in total. The number of rotatable bonds is 12. The number of nitrogens with zero attached hydrogens (tertiary/aromatic N) is 9. The molecule has 4 aliphatic rings. The molecule has 27 heteroatoms. The minimum Gasteiger partial charge on any atom is -0.470 e. The van der Waals surface area contributed by atoms with Crippen LogP contribution in [-0.2, 0) is 19.1 Å². The van der Waals surface area contributed by atoms with Gasteiger partial charge in [-0.25, -0.2) is 47.1 Å². The van der Waals surface area contributed by atoms with Crippen molar-refractivity contribution >= 4 is 69.2 Å². The average molecular weight is 1230 g/mol. The molecule has 20 nitrogen and oxygen atoms in total. The summed E-state index contributed by atoms with van der Waals surface area (Å²) >= 11 is 7.63. The number of amides is 3. The summed E-state index contributed by atoms with van der Waals surface area (Å²) < 4.78 is 78.4. The van der Waals surface area contributed by atoms with Crippen LogP contribution >= 0.6 is 34.3 Å². The lowest BCUT2D eigenvalue weighted by Gasteiger charge is -2.41. The first kappa shape index (κ1) is 66.6. The zero-order valence-electron chi connectivity index (χ0n) is 49.7. The van der Waals surface area contributed by atoms with Crippen molar-refractivity contribution in [2.45, 2.75) is 208 Å². The molecule has 4 aromatic rings. The van der Waals surface area contributed by atoms with Gasteiger partial charge in [0.15, 0.2) is 21.7 Å². The molecule has 2 saturated carbocycles. The van der Waals surface area contributed by atoms with Crippen LogP contribution in [0.4, 0.5) is 38.8 Å². The average Bonchev–Trinajstić information content (AvgIpc) is 4.01. The predicted molar refractivity (Wildman–Crippen MR) is 307 cm³/mol. The second-order valence-corrected chi connectivity index (χ2v) is 27.4. The lowest BCUT2D eigenvalue weighted by Crippen LogP contribution is -2.58. The monoisotopic (exact) mass is 1230 g/mol. The summed E-state index contributed by atoms with van der Waals surface area (Å²) in [7, 11) is 0. The molecule has 0 bridgehead atoms. The van der Waals surface area contributed by atoms with E-state index in [1.165, 1.54) is 38.5 Å². The predicted octanol–water partition coefficient (Wildman–Crippen LogP) is 12.0. The number of carbonyl (C=O) groups excluding carboxylic acids is 4. The van der Waals surface area contributed by atoms with Crippen molar-refractivity contribution in [2.24, 2.45) is 10.8 Å². The fourth-order valence-corrected chi connectivity index (χ4v) is 10.1. The van der Waals surface area contributed by atoms with Crippen LogP contribution in [0.3, 0.4) is 0 Å². The Bertz CT molecular complexity index is 2870. The maximum atomic E-state index is 14.1. The zero-order valence-corrected chi connectivity index (χ0v) is 52.0. The van der Waals surface area contributed by atoms with E-state index in [1.807, 2.05) is 20.8 Å². The number of likely N-dealkylation sites (tertiary alicyclic amines) is 2. The number of aliphatic hydroxyl groups excluding tert-OH is 2. The van der Waals surface area contributed by atoms with Crippen molar-refractivity contribution in [3.8, 4) is 33.4 Å². The van der Waals surface area contributed by atoms with Crippen LogP contribution in [-0.4, -0.2) is 147 Å². The van der Waals surface area contributed by atoms with Crippen molar-refractivity contribution in [1.29, 1.82) is 0 Å². The molecule has 460 valence electrons. The third kappa shape index (κ3) is 19.7. The van der Waals surface area contributed by atoms with Crippen LogP contribution in [0.2, 0.25) is 0 Å². The number of aromatic nitrogens is 6. The summed E-state index contributed by atoms with van der Waals surface area (Å²) in [5.41, 5.74) is -1.35. The third-order valence-electron chi connectivity index (χ3n) is 13.1. The smallest absolute Gasteiger partial charge is 0.416 e. The maximum absolute atomic E-state index is 14.1. The molecule has 2 aliphatic carbocycles. The molecule has 2 saturated heterocycles. The highest BCUT2D eigenvalue weighted by molar-refractivity contribution is 7.13. The molecule has 2 unspecified atom stereocenters. The quantitative estimate of drug-likeness (QED) is 0.0881. The van der Waals surface area contributed by atoms with E-state index < -0.39 is 65.0 Å². The molecule has 4 fully saturated rings. The third-order valence-corrected chi connectivity index (χ3v) is 15.4. The number of hydrogen-bond acceptors (Lipinski definition) is 19. The Hall–Kier alpha value is -5.57. The van der Waals surface area contributed by atoms with Gasteiger partial charge in [-0.05, 0) is 92.7 Å². The molecule has 83 heavy (non-hydrogen) atoms. The molecule has 0 spiro atoms. The van der Waals surface area contributed by atoms with Gasteiger partial charge in [0.25, 0.3) is 0 Å². The number of anilines is 2. The van der Waals surface area contributed by atoms with Crippen molar-refractivity contribution in [3.05, 3.63) is 34.3 Å². The number of carbonyl (C=O) groups is 4. The van der Waals surface area contributed by atoms with E-state index in [2.05, 4.69) is 35.2 Å².